The van der Waals surface area contributed by atoms with Crippen molar-refractivity contribution in [2.75, 3.05) is 0 Å². The van der Waals surface area contributed by atoms with Gasteiger partial charge in [-0.2, -0.15) is 6.42 Å². The zero-order valence-electron chi connectivity index (χ0n) is 12.3. The second-order valence-corrected chi connectivity index (χ2v) is 1.72. The van der Waals surface area contributed by atoms with Gasteiger partial charge in [-0.25, -0.2) is 0 Å². The van der Waals surface area contributed by atoms with Crippen LogP contribution < -0.4 is 116 Å². The first-order chi connectivity index (χ1) is 5.66. The summed E-state index contributed by atoms with van der Waals surface area (Å²) in [6.07, 6.45) is 6.25. The standard InChI is InChI=1S/C3H7.3C3H6.2Rb.H/c4*1-3-2;;;/h1,3H2,2H3;3*3H,1H2,2H3;;;/q-1;;;;2*+1;-1. The van der Waals surface area contributed by atoms with Crippen molar-refractivity contribution < 1.29 is 118 Å². The van der Waals surface area contributed by atoms with Gasteiger partial charge in [-0.05, 0) is 20.8 Å². The van der Waals surface area contributed by atoms with E-state index >= 15 is 0 Å². The van der Waals surface area contributed by atoms with Gasteiger partial charge in [0, 0.05) is 0 Å². The van der Waals surface area contributed by atoms with Gasteiger partial charge in [0.25, 0.3) is 0 Å². The SMILES string of the molecule is C=CC.C=CC.C=CC.[CH2-]CC.[H-].[Rb+].[Rb+]. The summed E-state index contributed by atoms with van der Waals surface area (Å²) in [6, 6.07) is 0. The molecule has 0 aromatic heterocycles. The maximum Gasteiger partial charge on any atom is 1.00 e. The Bertz CT molecular complexity index is 59.8. The van der Waals surface area contributed by atoms with Gasteiger partial charge in [0.15, 0.2) is 0 Å². The predicted molar refractivity (Wildman–Crippen MR) is 64.4 cm³/mol. The Hall–Kier alpha value is 2.83. The number of allylic oxidation sites excluding steroid dienone is 3. The van der Waals surface area contributed by atoms with E-state index in [4.69, 9.17) is 0 Å². The minimum atomic E-state index is 0. The molecule has 14 heavy (non-hydrogen) atoms. The summed E-state index contributed by atoms with van der Waals surface area (Å²) in [4.78, 5) is 0. The third-order valence-electron chi connectivity index (χ3n) is 0. The van der Waals surface area contributed by atoms with Crippen LogP contribution in [0, 0.1) is 6.92 Å². The molecule has 0 nitrogen and oxygen atoms in total. The molecule has 0 amide bonds. The van der Waals surface area contributed by atoms with E-state index in [1.807, 2.05) is 27.7 Å². The predicted octanol–water partition coefficient (Wildman–Crippen LogP) is -1.07. The van der Waals surface area contributed by atoms with Gasteiger partial charge in [-0.1, -0.05) is 25.2 Å². The molecule has 0 aliphatic rings. The summed E-state index contributed by atoms with van der Waals surface area (Å²) < 4.78 is 0. The van der Waals surface area contributed by atoms with E-state index in [0.717, 1.165) is 6.42 Å². The van der Waals surface area contributed by atoms with Crippen molar-refractivity contribution in [3.8, 4) is 0 Å². The molecule has 0 radical (unpaired) electrons. The van der Waals surface area contributed by atoms with Crippen molar-refractivity contribution >= 4 is 0 Å². The molecule has 0 unspecified atom stereocenters. The fourth-order valence-corrected chi connectivity index (χ4v) is 0. The summed E-state index contributed by atoms with van der Waals surface area (Å²) in [5.74, 6) is 0. The monoisotopic (exact) mass is 340 g/mol. The molecule has 0 saturated carbocycles. The van der Waals surface area contributed by atoms with Gasteiger partial charge in [0.05, 0.1) is 0 Å². The van der Waals surface area contributed by atoms with E-state index in [1.165, 1.54) is 0 Å². The number of hydrogen-bond donors (Lipinski definition) is 0. The minimum Gasteiger partial charge on any atom is -1.00 e. The van der Waals surface area contributed by atoms with Crippen LogP contribution in [0.15, 0.2) is 38.0 Å². The Kier molecular flexibility index (Phi) is 192. The maximum atomic E-state index is 3.49. The molecule has 0 N–H and O–H groups in total. The fourth-order valence-electron chi connectivity index (χ4n) is 0. The van der Waals surface area contributed by atoms with Crippen molar-refractivity contribution in [3.05, 3.63) is 44.9 Å². The molecule has 2 heteroatoms. The van der Waals surface area contributed by atoms with Crippen LogP contribution in [-0.4, -0.2) is 0 Å². The van der Waals surface area contributed by atoms with Gasteiger partial charge in [-0.15, -0.1) is 19.7 Å². The summed E-state index contributed by atoms with van der Waals surface area (Å²) in [5, 5.41) is 0. The Labute approximate surface area is 192 Å². The van der Waals surface area contributed by atoms with Crippen molar-refractivity contribution in [3.63, 3.8) is 0 Å². The molecular weight excluding hydrogens is 315 g/mol. The second kappa shape index (κ2) is 74.6. The molecule has 0 atom stereocenters. The first-order valence-corrected chi connectivity index (χ1v) is 4.16. The molecule has 0 spiro atoms. The van der Waals surface area contributed by atoms with Crippen LogP contribution in [0.2, 0.25) is 0 Å². The van der Waals surface area contributed by atoms with Gasteiger partial charge >= 0.3 is 116 Å². The Morgan fingerprint density at radius 3 is 0.929 bits per heavy atom. The molecular formula is C12H26Rb2. The molecule has 0 aromatic rings. The smallest absolute Gasteiger partial charge is 1.00 e. The van der Waals surface area contributed by atoms with Crippen LogP contribution in [-0.2, 0) is 0 Å². The molecule has 0 aliphatic carbocycles. The Morgan fingerprint density at radius 1 is 0.929 bits per heavy atom. The van der Waals surface area contributed by atoms with Crippen LogP contribution in [0.1, 0.15) is 35.5 Å². The third-order valence-corrected chi connectivity index (χ3v) is 0. The van der Waals surface area contributed by atoms with Crippen LogP contribution in [0.5, 0.6) is 0 Å². The quantitative estimate of drug-likeness (QED) is 0.389. The molecule has 0 heterocycles. The van der Waals surface area contributed by atoms with E-state index in [9.17, 15) is 0 Å². The van der Waals surface area contributed by atoms with E-state index < -0.39 is 0 Å². The summed E-state index contributed by atoms with van der Waals surface area (Å²) >= 11 is 0. The van der Waals surface area contributed by atoms with E-state index in [0.29, 0.717) is 0 Å². The first kappa shape index (κ1) is 36.0. The Balaban J connectivity index is -0.0000000107. The van der Waals surface area contributed by atoms with Crippen molar-refractivity contribution in [1.29, 1.82) is 0 Å². The van der Waals surface area contributed by atoms with E-state index in [-0.39, 0.29) is 118 Å². The minimum absolute atomic E-state index is 0. The molecule has 76 valence electrons. The van der Waals surface area contributed by atoms with Crippen LogP contribution in [0.4, 0.5) is 0 Å². The normalized spacial score (nSPS) is 4.07. The molecule has 0 rings (SSSR count). The molecule has 0 aromatic carbocycles. The maximum absolute atomic E-state index is 3.49. The van der Waals surface area contributed by atoms with Crippen LogP contribution in [0.3, 0.4) is 0 Å². The van der Waals surface area contributed by atoms with E-state index in [1.54, 1.807) is 18.2 Å². The third kappa shape index (κ3) is 354. The van der Waals surface area contributed by atoms with Crippen molar-refractivity contribution in [2.24, 2.45) is 0 Å². The molecule has 0 saturated heterocycles. The van der Waals surface area contributed by atoms with Crippen LogP contribution in [0.25, 0.3) is 0 Å². The topological polar surface area (TPSA) is 0 Å². The average molecular weight is 341 g/mol. The summed E-state index contributed by atoms with van der Waals surface area (Å²) in [5.41, 5.74) is 0. The van der Waals surface area contributed by atoms with Crippen molar-refractivity contribution in [2.45, 2.75) is 34.1 Å². The number of rotatable bonds is 0. The number of hydrogen-bond acceptors (Lipinski definition) is 0. The first-order valence-electron chi connectivity index (χ1n) is 4.16. The van der Waals surface area contributed by atoms with Crippen molar-refractivity contribution in [1.82, 2.24) is 0 Å². The zero-order chi connectivity index (χ0) is 10.8. The Morgan fingerprint density at radius 2 is 0.929 bits per heavy atom. The zero-order valence-corrected chi connectivity index (χ0v) is 21.1. The molecule has 0 aliphatic heterocycles. The van der Waals surface area contributed by atoms with Gasteiger partial charge < -0.3 is 8.35 Å². The van der Waals surface area contributed by atoms with Gasteiger partial charge in [0.1, 0.15) is 0 Å². The van der Waals surface area contributed by atoms with Crippen LogP contribution >= 0.6 is 0 Å². The fraction of sp³-hybridized carbons (Fsp3) is 0.417. The second-order valence-electron chi connectivity index (χ2n) is 1.72. The van der Waals surface area contributed by atoms with Gasteiger partial charge in [0.2, 0.25) is 0 Å². The van der Waals surface area contributed by atoms with E-state index in [2.05, 4.69) is 26.7 Å². The molecule has 0 fully saturated rings. The average Bonchev–Trinajstić information content (AvgIpc) is 1.92. The summed E-state index contributed by atoms with van der Waals surface area (Å²) in [6.45, 7) is 21.2. The largest absolute Gasteiger partial charge is 1.00 e. The summed E-state index contributed by atoms with van der Waals surface area (Å²) in [7, 11) is 0. The molecule has 0 bridgehead atoms. The van der Waals surface area contributed by atoms with Gasteiger partial charge in [-0.3, -0.25) is 0 Å².